The van der Waals surface area contributed by atoms with Gasteiger partial charge in [0.05, 0.1) is 12.5 Å². The fourth-order valence-corrected chi connectivity index (χ4v) is 2.97. The van der Waals surface area contributed by atoms with Crippen LogP contribution in [0.4, 0.5) is 0 Å². The highest BCUT2D eigenvalue weighted by atomic mass is 15.2. The molecule has 0 aromatic carbocycles. The molecule has 1 heterocycles. The molecule has 1 aliphatic heterocycles. The monoisotopic (exact) mass is 234 g/mol. The zero-order chi connectivity index (χ0) is 13.1. The first-order valence-corrected chi connectivity index (χ1v) is 6.12. The Balaban J connectivity index is 2.76. The number of hydrogen-bond acceptors (Lipinski definition) is 4. The molecule has 17 heavy (non-hydrogen) atoms. The molecule has 1 N–H and O–H groups in total. The van der Waals surface area contributed by atoms with Crippen LogP contribution in [0.15, 0.2) is 0 Å². The van der Waals surface area contributed by atoms with Crippen molar-refractivity contribution in [2.75, 3.05) is 6.54 Å². The molecule has 0 radical (unpaired) electrons. The molecule has 1 saturated heterocycles. The number of nitriles is 2. The van der Waals surface area contributed by atoms with Gasteiger partial charge < -0.3 is 10.2 Å². The molecule has 1 fully saturated rings. The molecular formula is C13H22N4. The molecule has 0 aromatic rings. The summed E-state index contributed by atoms with van der Waals surface area (Å²) in [4.78, 5) is 1.77. The average molecular weight is 234 g/mol. The summed E-state index contributed by atoms with van der Waals surface area (Å²) >= 11 is 0. The van der Waals surface area contributed by atoms with Crippen molar-refractivity contribution in [3.8, 4) is 12.3 Å². The van der Waals surface area contributed by atoms with E-state index in [4.69, 9.17) is 5.26 Å². The van der Waals surface area contributed by atoms with E-state index in [0.29, 0.717) is 13.0 Å². The Kier molecular flexibility index (Phi) is 4.01. The van der Waals surface area contributed by atoms with Crippen molar-refractivity contribution in [3.05, 3.63) is 0 Å². The van der Waals surface area contributed by atoms with Crippen molar-refractivity contribution in [2.24, 2.45) is 0 Å². The molecule has 0 atom stereocenters. The summed E-state index contributed by atoms with van der Waals surface area (Å²) in [5.41, 5.74) is 0.0717. The van der Waals surface area contributed by atoms with E-state index in [-0.39, 0.29) is 17.1 Å². The maximum atomic E-state index is 9.19. The van der Waals surface area contributed by atoms with Gasteiger partial charge in [-0.3, -0.25) is 0 Å². The van der Waals surface area contributed by atoms with Gasteiger partial charge in [0.2, 0.25) is 0 Å². The maximum Gasteiger partial charge on any atom is 0.179 e. The molecular weight excluding hydrogens is 212 g/mol. The second kappa shape index (κ2) is 4.94. The molecule has 94 valence electrons. The van der Waals surface area contributed by atoms with Gasteiger partial charge >= 0.3 is 0 Å². The zero-order valence-corrected chi connectivity index (χ0v) is 11.2. The maximum absolute atomic E-state index is 9.19. The van der Waals surface area contributed by atoms with Crippen molar-refractivity contribution < 1.29 is 0 Å². The van der Waals surface area contributed by atoms with Crippen molar-refractivity contribution in [1.29, 1.82) is 10.5 Å². The Morgan fingerprint density at radius 3 is 2.12 bits per heavy atom. The van der Waals surface area contributed by atoms with Crippen molar-refractivity contribution in [2.45, 2.75) is 64.1 Å². The topological polar surface area (TPSA) is 62.9 Å². The molecule has 0 spiro atoms. The Morgan fingerprint density at radius 2 is 1.71 bits per heavy atom. The first-order valence-electron chi connectivity index (χ1n) is 6.12. The molecule has 0 bridgehead atoms. The van der Waals surface area contributed by atoms with Crippen molar-refractivity contribution >= 4 is 0 Å². The molecule has 0 unspecified atom stereocenters. The number of piperidine rings is 1. The second-order valence-corrected chi connectivity index (χ2v) is 6.16. The summed E-state index contributed by atoms with van der Waals surface area (Å²) in [5, 5.41) is 21.4. The van der Waals surface area contributed by atoms with Gasteiger partial charge in [0.15, 0.2) is 6.19 Å². The van der Waals surface area contributed by atoms with Crippen LogP contribution in [-0.4, -0.2) is 28.6 Å². The normalized spacial score (nSPS) is 22.5. The summed E-state index contributed by atoms with van der Waals surface area (Å²) in [7, 11) is 0. The second-order valence-electron chi connectivity index (χ2n) is 6.16. The first-order chi connectivity index (χ1) is 7.79. The Hall–Kier alpha value is -1.26. The van der Waals surface area contributed by atoms with E-state index in [9.17, 15) is 5.26 Å². The fourth-order valence-electron chi connectivity index (χ4n) is 2.97. The van der Waals surface area contributed by atoms with E-state index in [2.05, 4.69) is 45.3 Å². The van der Waals surface area contributed by atoms with Crippen LogP contribution in [-0.2, 0) is 0 Å². The van der Waals surface area contributed by atoms with Gasteiger partial charge in [-0.2, -0.15) is 10.5 Å². The molecule has 4 heteroatoms. The minimum absolute atomic E-state index is 0.0359. The first kappa shape index (κ1) is 13.8. The lowest BCUT2D eigenvalue weighted by Gasteiger charge is -2.48. The third-order valence-corrected chi connectivity index (χ3v) is 3.20. The largest absolute Gasteiger partial charge is 0.307 e. The molecule has 0 aliphatic carbocycles. The fraction of sp³-hybridized carbons (Fsp3) is 0.846. The van der Waals surface area contributed by atoms with Crippen LogP contribution in [0.5, 0.6) is 0 Å². The van der Waals surface area contributed by atoms with Crippen LogP contribution in [0.2, 0.25) is 0 Å². The van der Waals surface area contributed by atoms with Crippen molar-refractivity contribution in [1.82, 2.24) is 10.2 Å². The predicted molar refractivity (Wildman–Crippen MR) is 66.9 cm³/mol. The van der Waals surface area contributed by atoms with Gasteiger partial charge in [-0.15, -0.1) is 0 Å². The Bertz CT molecular complexity index is 329. The summed E-state index contributed by atoms with van der Waals surface area (Å²) in [5.74, 6) is 0. The minimum Gasteiger partial charge on any atom is -0.307 e. The predicted octanol–water partition coefficient (Wildman–Crippen LogP) is 1.99. The van der Waals surface area contributed by atoms with Gasteiger partial charge in [-0.25, -0.2) is 0 Å². The van der Waals surface area contributed by atoms with Gasteiger partial charge in [0.1, 0.15) is 0 Å². The van der Waals surface area contributed by atoms with Crippen LogP contribution in [0.1, 0.15) is 47.0 Å². The van der Waals surface area contributed by atoms with E-state index in [1.54, 1.807) is 4.90 Å². The number of rotatable bonds is 3. The molecule has 0 aromatic heterocycles. The molecule has 4 nitrogen and oxygen atoms in total. The van der Waals surface area contributed by atoms with E-state index >= 15 is 0 Å². The molecule has 1 rings (SSSR count). The van der Waals surface area contributed by atoms with Crippen molar-refractivity contribution in [3.63, 3.8) is 0 Å². The third-order valence-electron chi connectivity index (χ3n) is 3.20. The van der Waals surface area contributed by atoms with E-state index in [0.717, 1.165) is 12.8 Å². The smallest absolute Gasteiger partial charge is 0.179 e. The van der Waals surface area contributed by atoms with Gasteiger partial charge in [0.25, 0.3) is 0 Å². The summed E-state index contributed by atoms with van der Waals surface area (Å²) in [6.45, 7) is 9.22. The lowest BCUT2D eigenvalue weighted by atomic mass is 9.79. The van der Waals surface area contributed by atoms with E-state index in [1.165, 1.54) is 0 Å². The molecule has 0 amide bonds. The third kappa shape index (κ3) is 3.91. The average Bonchev–Trinajstić information content (AvgIpc) is 2.14. The lowest BCUT2D eigenvalue weighted by molar-refractivity contribution is 0.0979. The van der Waals surface area contributed by atoms with Crippen LogP contribution >= 0.6 is 0 Å². The quantitative estimate of drug-likeness (QED) is 0.599. The van der Waals surface area contributed by atoms with Crippen LogP contribution in [0, 0.1) is 22.8 Å². The van der Waals surface area contributed by atoms with Crippen LogP contribution in [0.3, 0.4) is 0 Å². The Labute approximate surface area is 104 Å². The minimum atomic E-state index is 0.0359. The molecule has 0 saturated carbocycles. The summed E-state index contributed by atoms with van der Waals surface area (Å²) in [6, 6.07) is 2.34. The number of nitrogens with one attached hydrogen (secondary N) is 1. The van der Waals surface area contributed by atoms with E-state index in [1.807, 2.05) is 0 Å². The zero-order valence-electron chi connectivity index (χ0n) is 11.2. The number of hydrogen-bond donors (Lipinski definition) is 1. The summed E-state index contributed by atoms with van der Waals surface area (Å²) < 4.78 is 0. The number of nitrogens with zero attached hydrogens (tertiary/aromatic N) is 3. The lowest BCUT2D eigenvalue weighted by Crippen LogP contribution is -2.61. The highest BCUT2D eigenvalue weighted by Gasteiger charge is 2.39. The van der Waals surface area contributed by atoms with Gasteiger partial charge in [-0.05, 0) is 40.5 Å². The Morgan fingerprint density at radius 1 is 1.18 bits per heavy atom. The van der Waals surface area contributed by atoms with Crippen LogP contribution in [0.25, 0.3) is 0 Å². The highest BCUT2D eigenvalue weighted by molar-refractivity contribution is 5.02. The van der Waals surface area contributed by atoms with Crippen LogP contribution < -0.4 is 5.32 Å². The summed E-state index contributed by atoms with van der Waals surface area (Å²) in [6.07, 6.45) is 4.53. The van der Waals surface area contributed by atoms with Gasteiger partial charge in [0, 0.05) is 23.7 Å². The highest BCUT2D eigenvalue weighted by Crippen LogP contribution is 2.31. The SMILES string of the molecule is CC1(C)CC(N(C#N)CCC#N)CC(C)(C)N1. The standard InChI is InChI=1S/C13H22N4/c1-12(2)8-11(9-13(3,4)16-12)17(10-15)7-5-6-14/h11,16H,5,7-9H2,1-4H3. The van der Waals surface area contributed by atoms with Gasteiger partial charge in [-0.1, -0.05) is 0 Å². The van der Waals surface area contributed by atoms with E-state index < -0.39 is 0 Å². The molecule has 1 aliphatic rings.